The van der Waals surface area contributed by atoms with Crippen LogP contribution in [0.5, 0.6) is 0 Å². The number of carboxylic acids is 1. The molecule has 1 amide bonds. The van der Waals surface area contributed by atoms with Crippen LogP contribution < -0.4 is 5.32 Å². The molecule has 18 heavy (non-hydrogen) atoms. The minimum absolute atomic E-state index is 0.0117. The molecule has 5 nitrogen and oxygen atoms in total. The first-order valence-corrected chi connectivity index (χ1v) is 6.64. The van der Waals surface area contributed by atoms with Crippen LogP contribution in [0.2, 0.25) is 0 Å². The van der Waals surface area contributed by atoms with E-state index in [1.165, 1.54) is 0 Å². The van der Waals surface area contributed by atoms with Crippen LogP contribution in [0.1, 0.15) is 39.0 Å². The summed E-state index contributed by atoms with van der Waals surface area (Å²) in [5.41, 5.74) is -0.833. The molecule has 0 radical (unpaired) electrons. The van der Waals surface area contributed by atoms with Crippen molar-refractivity contribution < 1.29 is 14.7 Å². The number of amides is 1. The van der Waals surface area contributed by atoms with Crippen molar-refractivity contribution in [3.05, 3.63) is 0 Å². The van der Waals surface area contributed by atoms with Crippen molar-refractivity contribution in [3.63, 3.8) is 0 Å². The van der Waals surface area contributed by atoms with Gasteiger partial charge in [-0.1, -0.05) is 6.92 Å². The number of nitrogens with zero attached hydrogens (tertiary/aromatic N) is 1. The Balaban J connectivity index is 2.58. The van der Waals surface area contributed by atoms with Gasteiger partial charge in [-0.15, -0.1) is 0 Å². The lowest BCUT2D eigenvalue weighted by atomic mass is 9.76. The highest BCUT2D eigenvalue weighted by Crippen LogP contribution is 2.33. The van der Waals surface area contributed by atoms with Gasteiger partial charge < -0.3 is 15.3 Å². The molecule has 0 bridgehead atoms. The number of rotatable bonds is 5. The molecule has 0 unspecified atom stereocenters. The zero-order valence-corrected chi connectivity index (χ0v) is 11.5. The Morgan fingerprint density at radius 3 is 2.33 bits per heavy atom. The number of likely N-dealkylation sites (N-methyl/N-ethyl adjacent to an activating group) is 1. The van der Waals surface area contributed by atoms with Crippen molar-refractivity contribution in [1.29, 1.82) is 0 Å². The molecule has 0 atom stereocenters. The molecule has 104 valence electrons. The molecule has 1 saturated carbocycles. The van der Waals surface area contributed by atoms with Gasteiger partial charge in [-0.25, -0.2) is 0 Å². The summed E-state index contributed by atoms with van der Waals surface area (Å²) < 4.78 is 0. The van der Waals surface area contributed by atoms with Gasteiger partial charge in [0.05, 0.1) is 0 Å². The molecular weight excluding hydrogens is 232 g/mol. The number of carbonyl (C=O) groups is 2. The largest absolute Gasteiger partial charge is 0.480 e. The quantitative estimate of drug-likeness (QED) is 0.772. The highest BCUT2D eigenvalue weighted by Gasteiger charge is 2.42. The molecule has 0 spiro atoms. The Hall–Kier alpha value is -1.10. The zero-order chi connectivity index (χ0) is 13.8. The van der Waals surface area contributed by atoms with Gasteiger partial charge in [0.1, 0.15) is 5.54 Å². The lowest BCUT2D eigenvalue weighted by molar-refractivity contribution is -0.148. The van der Waals surface area contributed by atoms with Gasteiger partial charge in [-0.05, 0) is 39.2 Å². The number of aliphatic carboxylic acids is 1. The van der Waals surface area contributed by atoms with E-state index in [4.69, 9.17) is 0 Å². The number of nitrogens with one attached hydrogen (secondary N) is 1. The topological polar surface area (TPSA) is 69.6 Å². The van der Waals surface area contributed by atoms with Crippen molar-refractivity contribution in [3.8, 4) is 0 Å². The molecule has 5 heteroatoms. The first-order chi connectivity index (χ1) is 8.46. The maximum Gasteiger partial charge on any atom is 0.323 e. The Bertz CT molecular complexity index is 309. The third-order valence-corrected chi connectivity index (χ3v) is 4.01. The number of hydrogen-bond donors (Lipinski definition) is 2. The van der Waals surface area contributed by atoms with Gasteiger partial charge >= 0.3 is 5.97 Å². The summed E-state index contributed by atoms with van der Waals surface area (Å²) in [5, 5.41) is 12.2. The smallest absolute Gasteiger partial charge is 0.323 e. The van der Waals surface area contributed by atoms with E-state index in [0.717, 1.165) is 13.0 Å². The summed E-state index contributed by atoms with van der Waals surface area (Å²) in [6, 6.07) is 0. The van der Waals surface area contributed by atoms with Crippen LogP contribution in [0.15, 0.2) is 0 Å². The predicted octanol–water partition coefficient (Wildman–Crippen LogP) is 1.09. The van der Waals surface area contributed by atoms with Crippen LogP contribution in [0.3, 0.4) is 0 Å². The molecular formula is C13H24N2O3. The minimum Gasteiger partial charge on any atom is -0.480 e. The van der Waals surface area contributed by atoms with Gasteiger partial charge in [0.25, 0.3) is 0 Å². The van der Waals surface area contributed by atoms with E-state index in [1.807, 2.05) is 14.0 Å². The van der Waals surface area contributed by atoms with Crippen LogP contribution >= 0.6 is 0 Å². The fraction of sp³-hybridized carbons (Fsp3) is 0.846. The lowest BCUT2D eigenvalue weighted by Gasteiger charge is -2.37. The first kappa shape index (κ1) is 15.0. The van der Waals surface area contributed by atoms with Crippen molar-refractivity contribution >= 4 is 11.9 Å². The van der Waals surface area contributed by atoms with E-state index in [-0.39, 0.29) is 11.8 Å². The van der Waals surface area contributed by atoms with Crippen molar-refractivity contribution in [2.75, 3.05) is 20.6 Å². The zero-order valence-electron chi connectivity index (χ0n) is 11.5. The van der Waals surface area contributed by atoms with E-state index in [9.17, 15) is 14.7 Å². The fourth-order valence-corrected chi connectivity index (χ4v) is 2.69. The maximum atomic E-state index is 12.1. The maximum absolute atomic E-state index is 12.1. The molecule has 0 heterocycles. The summed E-state index contributed by atoms with van der Waals surface area (Å²) >= 11 is 0. The molecule has 0 saturated heterocycles. The summed E-state index contributed by atoms with van der Waals surface area (Å²) in [7, 11) is 3.50. The summed E-state index contributed by atoms with van der Waals surface area (Å²) in [5.74, 6) is -0.660. The lowest BCUT2D eigenvalue weighted by Crippen LogP contribution is -2.53. The SMILES string of the molecule is CCCN(C)C(=O)C1CCC(NC)(C(=O)O)CC1. The van der Waals surface area contributed by atoms with Crippen LogP contribution in [0, 0.1) is 5.92 Å². The normalized spacial score (nSPS) is 27.8. The van der Waals surface area contributed by atoms with E-state index < -0.39 is 11.5 Å². The predicted molar refractivity (Wildman–Crippen MR) is 69.3 cm³/mol. The monoisotopic (exact) mass is 256 g/mol. The third kappa shape index (κ3) is 3.02. The average Bonchev–Trinajstić information content (AvgIpc) is 2.38. The minimum atomic E-state index is -0.833. The van der Waals surface area contributed by atoms with Crippen LogP contribution in [-0.2, 0) is 9.59 Å². The summed E-state index contributed by atoms with van der Waals surface area (Å²) in [4.78, 5) is 25.1. The molecule has 1 rings (SSSR count). The van der Waals surface area contributed by atoms with Gasteiger partial charge in [0.15, 0.2) is 0 Å². The molecule has 1 aliphatic rings. The van der Waals surface area contributed by atoms with E-state index in [2.05, 4.69) is 5.32 Å². The van der Waals surface area contributed by atoms with Gasteiger partial charge in [0, 0.05) is 19.5 Å². The van der Waals surface area contributed by atoms with Gasteiger partial charge in [-0.3, -0.25) is 9.59 Å². The second kappa shape index (κ2) is 6.18. The summed E-state index contributed by atoms with van der Waals surface area (Å²) in [6.07, 6.45) is 3.30. The van der Waals surface area contributed by atoms with Crippen molar-refractivity contribution in [2.45, 2.75) is 44.6 Å². The Labute approximate surface area is 109 Å². The molecule has 0 aliphatic heterocycles. The first-order valence-electron chi connectivity index (χ1n) is 6.64. The van der Waals surface area contributed by atoms with Crippen LogP contribution in [-0.4, -0.2) is 48.1 Å². The second-order valence-corrected chi connectivity index (χ2v) is 5.17. The van der Waals surface area contributed by atoms with Crippen LogP contribution in [0.25, 0.3) is 0 Å². The third-order valence-electron chi connectivity index (χ3n) is 4.01. The van der Waals surface area contributed by atoms with Gasteiger partial charge in [-0.2, -0.15) is 0 Å². The highest BCUT2D eigenvalue weighted by molar-refractivity contribution is 5.81. The Morgan fingerprint density at radius 2 is 1.94 bits per heavy atom. The average molecular weight is 256 g/mol. The molecule has 1 aliphatic carbocycles. The van der Waals surface area contributed by atoms with Crippen molar-refractivity contribution in [1.82, 2.24) is 10.2 Å². The molecule has 2 N–H and O–H groups in total. The molecule has 0 aromatic heterocycles. The molecule has 1 fully saturated rings. The number of carboxylic acid groups (broad SMARTS) is 1. The summed E-state index contributed by atoms with van der Waals surface area (Å²) in [6.45, 7) is 2.81. The highest BCUT2D eigenvalue weighted by atomic mass is 16.4. The standard InChI is InChI=1S/C13H24N2O3/c1-4-9-15(3)11(16)10-5-7-13(14-2,8-6-10)12(17)18/h10,14H,4-9H2,1-3H3,(H,17,18). The van der Waals surface area contributed by atoms with E-state index in [1.54, 1.807) is 11.9 Å². The van der Waals surface area contributed by atoms with Crippen molar-refractivity contribution in [2.24, 2.45) is 5.92 Å². The second-order valence-electron chi connectivity index (χ2n) is 5.17. The van der Waals surface area contributed by atoms with E-state index >= 15 is 0 Å². The Kier molecular flexibility index (Phi) is 5.14. The van der Waals surface area contributed by atoms with Crippen LogP contribution in [0.4, 0.5) is 0 Å². The Morgan fingerprint density at radius 1 is 1.39 bits per heavy atom. The molecule has 0 aromatic rings. The number of hydrogen-bond acceptors (Lipinski definition) is 3. The van der Waals surface area contributed by atoms with E-state index in [0.29, 0.717) is 25.7 Å². The van der Waals surface area contributed by atoms with Gasteiger partial charge in [0.2, 0.25) is 5.91 Å². The molecule has 0 aromatic carbocycles. The number of carbonyl (C=O) groups excluding carboxylic acids is 1. The fourth-order valence-electron chi connectivity index (χ4n) is 2.69.